The van der Waals surface area contributed by atoms with Crippen molar-refractivity contribution in [1.29, 1.82) is 0 Å². The number of carbonyl (C=O) groups excluding carboxylic acids is 2. The standard InChI is InChI=1S/C12H15ClN2O4/c1-12(2,3)19-9(17)6-15-11(18)10-8(16)4-7(13)5-14-10/h4-5,16H,6H2,1-3H3,(H,15,18). The fourth-order valence-corrected chi connectivity index (χ4v) is 1.37. The summed E-state index contributed by atoms with van der Waals surface area (Å²) >= 11 is 5.59. The number of carbonyl (C=O) groups is 2. The molecule has 1 aromatic heterocycles. The number of pyridine rings is 1. The van der Waals surface area contributed by atoms with Gasteiger partial charge >= 0.3 is 5.97 Å². The van der Waals surface area contributed by atoms with Gasteiger partial charge in [-0.05, 0) is 20.8 Å². The molecule has 1 aromatic rings. The zero-order valence-electron chi connectivity index (χ0n) is 10.9. The highest BCUT2D eigenvalue weighted by Gasteiger charge is 2.18. The molecule has 104 valence electrons. The van der Waals surface area contributed by atoms with Crippen molar-refractivity contribution in [3.8, 4) is 5.75 Å². The zero-order chi connectivity index (χ0) is 14.6. The highest BCUT2D eigenvalue weighted by molar-refractivity contribution is 6.30. The second-order valence-electron chi connectivity index (χ2n) is 4.79. The van der Waals surface area contributed by atoms with Crippen LogP contribution in [0.25, 0.3) is 0 Å². The third-order valence-corrected chi connectivity index (χ3v) is 2.07. The first kappa shape index (κ1) is 15.2. The van der Waals surface area contributed by atoms with Crippen molar-refractivity contribution < 1.29 is 19.4 Å². The fraction of sp³-hybridized carbons (Fsp3) is 0.417. The Bertz CT molecular complexity index is 497. The molecule has 0 aliphatic heterocycles. The van der Waals surface area contributed by atoms with Crippen molar-refractivity contribution in [3.63, 3.8) is 0 Å². The second-order valence-corrected chi connectivity index (χ2v) is 5.23. The van der Waals surface area contributed by atoms with E-state index < -0.39 is 17.5 Å². The molecule has 1 heterocycles. The van der Waals surface area contributed by atoms with E-state index in [9.17, 15) is 14.7 Å². The van der Waals surface area contributed by atoms with Crippen LogP contribution >= 0.6 is 11.6 Å². The summed E-state index contributed by atoms with van der Waals surface area (Å²) in [5.74, 6) is -1.61. The van der Waals surface area contributed by atoms with Crippen LogP contribution in [0.4, 0.5) is 0 Å². The molecule has 0 fully saturated rings. The van der Waals surface area contributed by atoms with E-state index in [-0.39, 0.29) is 23.0 Å². The van der Waals surface area contributed by atoms with Gasteiger partial charge in [-0.1, -0.05) is 11.6 Å². The van der Waals surface area contributed by atoms with E-state index in [2.05, 4.69) is 10.3 Å². The molecule has 19 heavy (non-hydrogen) atoms. The van der Waals surface area contributed by atoms with E-state index in [1.807, 2.05) is 0 Å². The molecule has 0 spiro atoms. The van der Waals surface area contributed by atoms with Crippen LogP contribution in [0.1, 0.15) is 31.3 Å². The number of amides is 1. The van der Waals surface area contributed by atoms with Gasteiger partial charge < -0.3 is 15.2 Å². The van der Waals surface area contributed by atoms with Crippen molar-refractivity contribution in [3.05, 3.63) is 23.0 Å². The highest BCUT2D eigenvalue weighted by Crippen LogP contribution is 2.18. The minimum Gasteiger partial charge on any atom is -0.505 e. The number of nitrogens with one attached hydrogen (secondary N) is 1. The average Bonchev–Trinajstić information content (AvgIpc) is 2.23. The largest absolute Gasteiger partial charge is 0.505 e. The molecule has 0 atom stereocenters. The summed E-state index contributed by atoms with van der Waals surface area (Å²) in [6.45, 7) is 4.86. The number of ether oxygens (including phenoxy) is 1. The fourth-order valence-electron chi connectivity index (χ4n) is 1.22. The van der Waals surface area contributed by atoms with Crippen molar-refractivity contribution in [2.75, 3.05) is 6.54 Å². The van der Waals surface area contributed by atoms with Crippen molar-refractivity contribution in [1.82, 2.24) is 10.3 Å². The number of aromatic nitrogens is 1. The Morgan fingerprint density at radius 2 is 2.11 bits per heavy atom. The lowest BCUT2D eigenvalue weighted by Crippen LogP contribution is -2.34. The third kappa shape index (κ3) is 5.13. The van der Waals surface area contributed by atoms with Crippen LogP contribution in [-0.2, 0) is 9.53 Å². The van der Waals surface area contributed by atoms with Gasteiger partial charge in [0.05, 0.1) is 5.02 Å². The smallest absolute Gasteiger partial charge is 0.325 e. The summed E-state index contributed by atoms with van der Waals surface area (Å²) in [5, 5.41) is 12.0. The van der Waals surface area contributed by atoms with Gasteiger partial charge in [-0.25, -0.2) is 4.98 Å². The van der Waals surface area contributed by atoms with Gasteiger partial charge in [0, 0.05) is 12.3 Å². The first-order chi connectivity index (χ1) is 8.69. The van der Waals surface area contributed by atoms with E-state index in [1.54, 1.807) is 20.8 Å². The van der Waals surface area contributed by atoms with Crippen LogP contribution in [0, 0.1) is 0 Å². The number of nitrogens with zero attached hydrogens (tertiary/aromatic N) is 1. The summed E-state index contributed by atoms with van der Waals surface area (Å²) in [6, 6.07) is 1.19. The lowest BCUT2D eigenvalue weighted by molar-refractivity contribution is -0.153. The van der Waals surface area contributed by atoms with Crippen LogP contribution in [-0.4, -0.2) is 34.1 Å². The maximum Gasteiger partial charge on any atom is 0.325 e. The van der Waals surface area contributed by atoms with Crippen LogP contribution in [0.15, 0.2) is 12.3 Å². The predicted octanol–water partition coefficient (Wildman–Crippen LogP) is 1.51. The van der Waals surface area contributed by atoms with Crippen molar-refractivity contribution in [2.24, 2.45) is 0 Å². The molecule has 0 aliphatic rings. The first-order valence-corrected chi connectivity index (χ1v) is 5.91. The maximum atomic E-state index is 11.7. The van der Waals surface area contributed by atoms with Crippen LogP contribution in [0.2, 0.25) is 5.02 Å². The molecule has 0 saturated carbocycles. The minimum atomic E-state index is -0.681. The first-order valence-electron chi connectivity index (χ1n) is 5.53. The van der Waals surface area contributed by atoms with Gasteiger partial charge in [-0.15, -0.1) is 0 Å². The summed E-state index contributed by atoms with van der Waals surface area (Å²) < 4.78 is 5.02. The molecular formula is C12H15ClN2O4. The number of aromatic hydroxyl groups is 1. The monoisotopic (exact) mass is 286 g/mol. The van der Waals surface area contributed by atoms with Crippen LogP contribution in [0.3, 0.4) is 0 Å². The topological polar surface area (TPSA) is 88.5 Å². The summed E-state index contributed by atoms with van der Waals surface area (Å²) in [5.41, 5.74) is -0.824. The van der Waals surface area contributed by atoms with Crippen molar-refractivity contribution >= 4 is 23.5 Å². The molecule has 0 unspecified atom stereocenters. The van der Waals surface area contributed by atoms with Crippen molar-refractivity contribution in [2.45, 2.75) is 26.4 Å². The lowest BCUT2D eigenvalue weighted by Gasteiger charge is -2.19. The Labute approximate surface area is 115 Å². The summed E-state index contributed by atoms with van der Waals surface area (Å²) in [6.07, 6.45) is 1.23. The Balaban J connectivity index is 2.59. The minimum absolute atomic E-state index is 0.201. The molecule has 7 heteroatoms. The zero-order valence-corrected chi connectivity index (χ0v) is 11.6. The molecule has 2 N–H and O–H groups in total. The van der Waals surface area contributed by atoms with Crippen LogP contribution in [0.5, 0.6) is 5.75 Å². The van der Waals surface area contributed by atoms with E-state index in [0.717, 1.165) is 0 Å². The van der Waals surface area contributed by atoms with Gasteiger partial charge in [0.1, 0.15) is 17.9 Å². The lowest BCUT2D eigenvalue weighted by atomic mass is 10.2. The molecule has 1 amide bonds. The normalized spacial score (nSPS) is 10.9. The van der Waals surface area contributed by atoms with E-state index in [1.165, 1.54) is 12.3 Å². The molecule has 1 rings (SSSR count). The number of hydrogen-bond donors (Lipinski definition) is 2. The molecule has 0 saturated heterocycles. The van der Waals surface area contributed by atoms with Gasteiger partial charge in [-0.3, -0.25) is 9.59 Å². The number of halogens is 1. The maximum absolute atomic E-state index is 11.7. The molecule has 0 radical (unpaired) electrons. The number of esters is 1. The average molecular weight is 287 g/mol. The molecule has 6 nitrogen and oxygen atoms in total. The van der Waals surface area contributed by atoms with Gasteiger partial charge in [-0.2, -0.15) is 0 Å². The summed E-state index contributed by atoms with van der Waals surface area (Å²) in [4.78, 5) is 26.7. The molecule has 0 aromatic carbocycles. The predicted molar refractivity (Wildman–Crippen MR) is 69.1 cm³/mol. The van der Waals surface area contributed by atoms with Gasteiger partial charge in [0.25, 0.3) is 5.91 Å². The summed E-state index contributed by atoms with van der Waals surface area (Å²) in [7, 11) is 0. The Hall–Kier alpha value is -1.82. The Morgan fingerprint density at radius 1 is 1.47 bits per heavy atom. The quantitative estimate of drug-likeness (QED) is 0.822. The van der Waals surface area contributed by atoms with E-state index in [0.29, 0.717) is 0 Å². The SMILES string of the molecule is CC(C)(C)OC(=O)CNC(=O)c1ncc(Cl)cc1O. The number of hydrogen-bond acceptors (Lipinski definition) is 5. The van der Waals surface area contributed by atoms with Gasteiger partial charge in [0.2, 0.25) is 0 Å². The second kappa shape index (κ2) is 5.88. The van der Waals surface area contributed by atoms with E-state index in [4.69, 9.17) is 16.3 Å². The molecule has 0 aliphatic carbocycles. The Morgan fingerprint density at radius 3 is 2.63 bits per heavy atom. The van der Waals surface area contributed by atoms with E-state index >= 15 is 0 Å². The third-order valence-electron chi connectivity index (χ3n) is 1.86. The highest BCUT2D eigenvalue weighted by atomic mass is 35.5. The number of rotatable bonds is 3. The van der Waals surface area contributed by atoms with Gasteiger partial charge in [0.15, 0.2) is 5.69 Å². The van der Waals surface area contributed by atoms with Crippen LogP contribution < -0.4 is 5.32 Å². The molecular weight excluding hydrogens is 272 g/mol. The Kier molecular flexibility index (Phi) is 4.72. The molecule has 0 bridgehead atoms.